The number of aliphatic hydroxyl groups excluding tert-OH is 2. The quantitative estimate of drug-likeness (QED) is 0.0478. The number of hydrogen-bond donors (Lipinski definition) is 4. The molecule has 0 saturated heterocycles. The summed E-state index contributed by atoms with van der Waals surface area (Å²) >= 11 is 12.7. The summed E-state index contributed by atoms with van der Waals surface area (Å²) in [6.07, 6.45) is 15.1. The van der Waals surface area contributed by atoms with Crippen molar-refractivity contribution in [2.75, 3.05) is 90.8 Å². The average Bonchev–Trinajstić information content (AvgIpc) is 1.49. The molecule has 2 heterocycles. The first-order chi connectivity index (χ1) is 41.1. The summed E-state index contributed by atoms with van der Waals surface area (Å²) in [5.74, 6) is 1.01. The van der Waals surface area contributed by atoms with Gasteiger partial charge in [0.2, 0.25) is 20.0 Å². The molecular weight excluding hydrogens is 1180 g/mol. The highest BCUT2D eigenvalue weighted by Gasteiger charge is 2.46. The topological polar surface area (TPSA) is 257 Å². The highest BCUT2D eigenvalue weighted by Crippen LogP contribution is 2.49. The van der Waals surface area contributed by atoms with E-state index in [4.69, 9.17) is 61.9 Å². The maximum absolute atomic E-state index is 12.5. The maximum atomic E-state index is 12.5. The Morgan fingerprint density at radius 3 is 1.38 bits per heavy atom. The van der Waals surface area contributed by atoms with Crippen molar-refractivity contribution in [3.8, 4) is 11.5 Å². The van der Waals surface area contributed by atoms with E-state index in [1.54, 1.807) is 36.4 Å². The Hall–Kier alpha value is -5.26. The summed E-state index contributed by atoms with van der Waals surface area (Å²) in [4.78, 5) is 29.6. The lowest BCUT2D eigenvalue weighted by Gasteiger charge is -2.45. The molecule has 6 aliphatic rings. The number of anilines is 2. The first-order valence-corrected chi connectivity index (χ1v) is 33.5. The van der Waals surface area contributed by atoms with Crippen molar-refractivity contribution in [1.82, 2.24) is 0 Å². The number of sulfonamides is 2. The van der Waals surface area contributed by atoms with Gasteiger partial charge in [-0.25, -0.2) is 36.7 Å². The first-order valence-electron chi connectivity index (χ1n) is 29.6. The molecule has 10 rings (SSSR count). The number of allylic oxidation sites excluding steroid dienone is 2. The number of nitrogens with zero attached hydrogens (tertiary/aromatic N) is 2. The van der Waals surface area contributed by atoms with Crippen LogP contribution in [0.1, 0.15) is 107 Å². The lowest BCUT2D eigenvalue weighted by molar-refractivity contribution is 0.0454. The molecule has 468 valence electrons. The van der Waals surface area contributed by atoms with E-state index in [-0.39, 0.29) is 60.6 Å². The van der Waals surface area contributed by atoms with Crippen molar-refractivity contribution in [1.29, 1.82) is 0 Å². The second-order valence-electron chi connectivity index (χ2n) is 24.2. The lowest BCUT2D eigenvalue weighted by Crippen LogP contribution is -2.49. The smallest absolute Gasteiger partial charge is 0.337 e. The number of halogens is 2. The number of nitrogens with two attached hydrogens (primary N) is 2. The zero-order valence-corrected chi connectivity index (χ0v) is 52.6. The van der Waals surface area contributed by atoms with Gasteiger partial charge in [-0.1, -0.05) is 59.6 Å². The maximum Gasteiger partial charge on any atom is 0.337 e. The Morgan fingerprint density at radius 1 is 0.628 bits per heavy atom. The summed E-state index contributed by atoms with van der Waals surface area (Å²) in [6.45, 7) is 3.74. The molecule has 0 aromatic heterocycles. The summed E-state index contributed by atoms with van der Waals surface area (Å²) in [5, 5.41) is 32.6. The molecular formula is C64H82Cl2N4O14S2. The second-order valence-corrected chi connectivity index (χ2v) is 28.8. The fourth-order valence-corrected chi connectivity index (χ4v) is 15.6. The highest BCUT2D eigenvalue weighted by molar-refractivity contribution is 7.90. The van der Waals surface area contributed by atoms with Crippen molar-refractivity contribution in [2.24, 2.45) is 33.9 Å². The van der Waals surface area contributed by atoms with E-state index in [0.29, 0.717) is 62.0 Å². The number of ether oxygens (including phenoxy) is 6. The van der Waals surface area contributed by atoms with Gasteiger partial charge in [-0.15, -0.1) is 0 Å². The molecule has 0 bridgehead atoms. The number of hydrogen-bond acceptors (Lipinski definition) is 16. The fourth-order valence-electron chi connectivity index (χ4n) is 13.8. The van der Waals surface area contributed by atoms with E-state index in [0.717, 1.165) is 85.6 Å². The standard InChI is InChI=1S/2C32H41ClN2O7S/c2*1-40-18-25(43(34,38)39)6-3-7-29(36)26-11-8-23(26)17-35-19-32(14-4-5-21-15-24(33)10-12-27(21)32)20-42-30-13-9-22(16-28(30)35)31(37)41-2/h2*3,7,9-10,12-13,15-16,23,25-26,29,36H,4-6,8,11,14,17-20H2,1-2H3,(H2,34,38,39)/b2*7-3+/t23-,25+,26+,29-,32-;23-,25-,26+,29-,32-/m00/s1. The number of methoxy groups -OCH3 is 4. The highest BCUT2D eigenvalue weighted by atomic mass is 35.5. The number of carbonyl (C=O) groups is 2. The van der Waals surface area contributed by atoms with Gasteiger partial charge >= 0.3 is 11.9 Å². The third kappa shape index (κ3) is 14.9. The van der Waals surface area contributed by atoms with E-state index in [1.165, 1.54) is 50.7 Å². The summed E-state index contributed by atoms with van der Waals surface area (Å²) in [5.41, 5.74) is 7.07. The van der Waals surface area contributed by atoms with Gasteiger partial charge in [0.05, 0.1) is 75.4 Å². The zero-order valence-electron chi connectivity index (χ0n) is 49.4. The van der Waals surface area contributed by atoms with Crippen LogP contribution in [0.25, 0.3) is 0 Å². The molecule has 4 aromatic carbocycles. The Bertz CT molecular complexity index is 3150. The number of carbonyl (C=O) groups excluding carboxylic acids is 2. The number of aryl methyl sites for hydroxylation is 2. The van der Waals surface area contributed by atoms with E-state index >= 15 is 0 Å². The minimum Gasteiger partial charge on any atom is -0.490 e. The van der Waals surface area contributed by atoms with Crippen molar-refractivity contribution in [3.05, 3.63) is 141 Å². The molecule has 2 aliphatic heterocycles. The fraction of sp³-hybridized carbons (Fsp3) is 0.531. The van der Waals surface area contributed by atoms with Crippen LogP contribution >= 0.6 is 23.2 Å². The number of rotatable bonds is 20. The molecule has 2 spiro atoms. The van der Waals surface area contributed by atoms with E-state index in [1.807, 2.05) is 36.4 Å². The van der Waals surface area contributed by atoms with Gasteiger partial charge in [0.1, 0.15) is 22.0 Å². The zero-order chi connectivity index (χ0) is 61.6. The third-order valence-electron chi connectivity index (χ3n) is 18.8. The van der Waals surface area contributed by atoms with Crippen LogP contribution in [0.15, 0.2) is 97.1 Å². The van der Waals surface area contributed by atoms with Gasteiger partial charge in [0, 0.05) is 61.3 Å². The van der Waals surface area contributed by atoms with Crippen LogP contribution in [0.5, 0.6) is 11.5 Å². The Balaban J connectivity index is 0.000000205. The van der Waals surface area contributed by atoms with Gasteiger partial charge in [-0.3, -0.25) is 0 Å². The molecule has 22 heteroatoms. The summed E-state index contributed by atoms with van der Waals surface area (Å²) in [6, 6.07) is 23.1. The van der Waals surface area contributed by atoms with E-state index in [2.05, 4.69) is 34.1 Å². The Labute approximate surface area is 516 Å². The van der Waals surface area contributed by atoms with E-state index in [9.17, 15) is 36.6 Å². The second kappa shape index (κ2) is 28.1. The molecule has 0 amide bonds. The number of aliphatic hydroxyl groups is 2. The molecule has 4 aliphatic carbocycles. The predicted octanol–water partition coefficient (Wildman–Crippen LogP) is 8.47. The molecule has 4 aromatic rings. The van der Waals surface area contributed by atoms with Crippen LogP contribution in [-0.4, -0.2) is 143 Å². The normalized spacial score (nSPS) is 24.8. The SMILES string of the molecule is COC[C@@H](C/C=C/[C@H](O)[C@@H]1CC[C@H]1CN1C[C@@]2(CCCc3cc(Cl)ccc32)COc2ccc(C(=O)OC)cc21)S(N)(=O)=O.COC[C@H](C/C=C/[C@H](O)[C@@H]1CC[C@H]1CN1C[C@@]2(CCCc3cc(Cl)ccc32)COc2ccc(C(=O)OC)cc21)S(N)(=O)=O. The monoisotopic (exact) mass is 1260 g/mol. The van der Waals surface area contributed by atoms with Crippen molar-refractivity contribution in [3.63, 3.8) is 0 Å². The van der Waals surface area contributed by atoms with Crippen LogP contribution in [0.3, 0.4) is 0 Å². The number of primary sulfonamides is 2. The number of benzene rings is 4. The minimum atomic E-state index is -3.76. The molecule has 6 N–H and O–H groups in total. The molecule has 0 unspecified atom stereocenters. The summed E-state index contributed by atoms with van der Waals surface area (Å²) in [7, 11) is -1.92. The van der Waals surface area contributed by atoms with Gasteiger partial charge < -0.3 is 48.4 Å². The predicted molar refractivity (Wildman–Crippen MR) is 333 cm³/mol. The average molecular weight is 1270 g/mol. The molecule has 0 radical (unpaired) electrons. The summed E-state index contributed by atoms with van der Waals surface area (Å²) < 4.78 is 80.5. The number of esters is 2. The van der Waals surface area contributed by atoms with Gasteiger partial charge in [-0.2, -0.15) is 0 Å². The third-order valence-corrected chi connectivity index (χ3v) is 21.7. The molecule has 86 heavy (non-hydrogen) atoms. The Morgan fingerprint density at radius 2 is 1.03 bits per heavy atom. The van der Waals surface area contributed by atoms with Gasteiger partial charge in [0.25, 0.3) is 0 Å². The molecule has 2 saturated carbocycles. The molecule has 10 atom stereocenters. The first kappa shape index (κ1) is 65.2. The van der Waals surface area contributed by atoms with Crippen molar-refractivity contribution < 1.29 is 65.1 Å². The van der Waals surface area contributed by atoms with E-state index < -0.39 is 54.7 Å². The van der Waals surface area contributed by atoms with Crippen LogP contribution < -0.4 is 29.6 Å². The van der Waals surface area contributed by atoms with Crippen LogP contribution in [0, 0.1) is 23.7 Å². The van der Waals surface area contributed by atoms with Gasteiger partial charge in [-0.05, 0) is 184 Å². The molecule has 2 fully saturated rings. The van der Waals surface area contributed by atoms with Crippen LogP contribution in [0.4, 0.5) is 11.4 Å². The minimum absolute atomic E-state index is 0.00753. The Kier molecular flexibility index (Phi) is 21.3. The largest absolute Gasteiger partial charge is 0.490 e. The van der Waals surface area contributed by atoms with Crippen molar-refractivity contribution in [2.45, 2.75) is 111 Å². The molecule has 18 nitrogen and oxygen atoms in total. The van der Waals surface area contributed by atoms with Crippen LogP contribution in [-0.2, 0) is 62.7 Å². The van der Waals surface area contributed by atoms with Gasteiger partial charge in [0.15, 0.2) is 0 Å². The van der Waals surface area contributed by atoms with Crippen molar-refractivity contribution >= 4 is 66.6 Å². The van der Waals surface area contributed by atoms with Crippen LogP contribution in [0.2, 0.25) is 10.0 Å². The number of fused-ring (bicyclic) bond motifs is 6. The lowest BCUT2D eigenvalue weighted by atomic mass is 9.68.